The van der Waals surface area contributed by atoms with E-state index >= 15 is 0 Å². The summed E-state index contributed by atoms with van der Waals surface area (Å²) in [6.45, 7) is 2.83. The molecule has 1 aliphatic heterocycles. The molecule has 0 spiro atoms. The van der Waals surface area contributed by atoms with E-state index in [4.69, 9.17) is 16.3 Å². The van der Waals surface area contributed by atoms with Crippen LogP contribution < -0.4 is 10.1 Å². The average molecular weight is 246 g/mol. The van der Waals surface area contributed by atoms with E-state index in [9.17, 15) is 4.39 Å². The van der Waals surface area contributed by atoms with E-state index in [2.05, 4.69) is 15.3 Å². The molecule has 1 saturated heterocycles. The average Bonchev–Trinajstić information content (AvgIpc) is 2.28. The minimum absolute atomic E-state index is 0.322. The Hall–Kier alpha value is -0.940. The molecule has 0 unspecified atom stereocenters. The Morgan fingerprint density at radius 1 is 1.56 bits per heavy atom. The fraction of sp³-hybridized carbons (Fsp3) is 0.600. The largest absolute Gasteiger partial charge is 0.471 e. The number of nitrogens with one attached hydrogen (secondary N) is 1. The maximum absolute atomic E-state index is 13.5. The SMILES string of the molecule is Cc1c(Cl)ncnc1O[C@H]1CCNC[C@@H]1F. The molecule has 2 heterocycles. The predicted octanol–water partition coefficient (Wildman–Crippen LogP) is 1.52. The van der Waals surface area contributed by atoms with E-state index in [1.807, 2.05) is 0 Å². The highest BCUT2D eigenvalue weighted by Crippen LogP contribution is 2.23. The quantitative estimate of drug-likeness (QED) is 0.803. The Morgan fingerprint density at radius 2 is 2.38 bits per heavy atom. The van der Waals surface area contributed by atoms with E-state index in [1.165, 1.54) is 6.33 Å². The third kappa shape index (κ3) is 2.41. The molecule has 4 nitrogen and oxygen atoms in total. The molecule has 88 valence electrons. The minimum atomic E-state index is -1.01. The molecule has 0 radical (unpaired) electrons. The lowest BCUT2D eigenvalue weighted by atomic mass is 10.1. The maximum Gasteiger partial charge on any atom is 0.221 e. The van der Waals surface area contributed by atoms with Crippen molar-refractivity contribution in [1.29, 1.82) is 0 Å². The summed E-state index contributed by atoms with van der Waals surface area (Å²) in [5.74, 6) is 0.370. The Labute approximate surface area is 98.2 Å². The van der Waals surface area contributed by atoms with Gasteiger partial charge < -0.3 is 10.1 Å². The van der Waals surface area contributed by atoms with Gasteiger partial charge in [-0.25, -0.2) is 14.4 Å². The number of hydrogen-bond donors (Lipinski definition) is 1. The molecule has 1 aliphatic rings. The summed E-state index contributed by atoms with van der Waals surface area (Å²) in [5.41, 5.74) is 0.648. The summed E-state index contributed by atoms with van der Waals surface area (Å²) in [4.78, 5) is 7.78. The lowest BCUT2D eigenvalue weighted by molar-refractivity contribution is 0.0686. The molecule has 1 aromatic heterocycles. The predicted molar refractivity (Wildman–Crippen MR) is 58.6 cm³/mol. The first-order valence-electron chi connectivity index (χ1n) is 5.17. The van der Waals surface area contributed by atoms with Crippen molar-refractivity contribution in [2.24, 2.45) is 0 Å². The van der Waals surface area contributed by atoms with Crippen LogP contribution in [0.4, 0.5) is 4.39 Å². The molecule has 0 bridgehead atoms. The van der Waals surface area contributed by atoms with Gasteiger partial charge in [-0.2, -0.15) is 0 Å². The van der Waals surface area contributed by atoms with Gasteiger partial charge in [-0.1, -0.05) is 11.6 Å². The molecule has 0 amide bonds. The second-order valence-electron chi connectivity index (χ2n) is 3.76. The van der Waals surface area contributed by atoms with Gasteiger partial charge in [0.2, 0.25) is 5.88 Å². The van der Waals surface area contributed by atoms with Crippen LogP contribution in [0.2, 0.25) is 5.15 Å². The molecule has 0 aromatic carbocycles. The van der Waals surface area contributed by atoms with Gasteiger partial charge in [0.05, 0.1) is 0 Å². The fourth-order valence-electron chi connectivity index (χ4n) is 1.61. The van der Waals surface area contributed by atoms with E-state index in [1.54, 1.807) is 6.92 Å². The molecular weight excluding hydrogens is 233 g/mol. The number of aromatic nitrogens is 2. The van der Waals surface area contributed by atoms with E-state index < -0.39 is 12.3 Å². The fourth-order valence-corrected chi connectivity index (χ4v) is 1.73. The van der Waals surface area contributed by atoms with Crippen molar-refractivity contribution in [1.82, 2.24) is 15.3 Å². The molecule has 6 heteroatoms. The highest BCUT2D eigenvalue weighted by molar-refractivity contribution is 6.30. The lowest BCUT2D eigenvalue weighted by Crippen LogP contribution is -2.44. The molecule has 2 atom stereocenters. The molecule has 0 saturated carbocycles. The second-order valence-corrected chi connectivity index (χ2v) is 4.12. The zero-order valence-electron chi connectivity index (χ0n) is 8.91. The zero-order chi connectivity index (χ0) is 11.5. The highest BCUT2D eigenvalue weighted by atomic mass is 35.5. The van der Waals surface area contributed by atoms with Crippen LogP contribution in [-0.4, -0.2) is 35.3 Å². The van der Waals surface area contributed by atoms with Gasteiger partial charge >= 0.3 is 0 Å². The molecular formula is C10H13ClFN3O. The Balaban J connectivity index is 2.10. The number of hydrogen-bond acceptors (Lipinski definition) is 4. The van der Waals surface area contributed by atoms with Crippen molar-refractivity contribution in [2.45, 2.75) is 25.6 Å². The summed E-state index contributed by atoms with van der Waals surface area (Å²) < 4.78 is 19.0. The summed E-state index contributed by atoms with van der Waals surface area (Å²) in [7, 11) is 0. The first kappa shape index (κ1) is 11.5. The topological polar surface area (TPSA) is 47.0 Å². The molecule has 2 rings (SSSR count). The van der Waals surface area contributed by atoms with Crippen LogP contribution in [0.3, 0.4) is 0 Å². The summed E-state index contributed by atoms with van der Waals surface area (Å²) >= 11 is 5.83. The number of nitrogens with zero attached hydrogens (tertiary/aromatic N) is 2. The van der Waals surface area contributed by atoms with Gasteiger partial charge in [0.15, 0.2) is 0 Å². The van der Waals surface area contributed by atoms with Crippen molar-refractivity contribution in [3.8, 4) is 5.88 Å². The lowest BCUT2D eigenvalue weighted by Gasteiger charge is -2.27. The van der Waals surface area contributed by atoms with Crippen molar-refractivity contribution in [2.75, 3.05) is 13.1 Å². The van der Waals surface area contributed by atoms with Crippen LogP contribution >= 0.6 is 11.6 Å². The van der Waals surface area contributed by atoms with Crippen LogP contribution in [0.5, 0.6) is 5.88 Å². The summed E-state index contributed by atoms with van der Waals surface area (Å²) in [6, 6.07) is 0. The van der Waals surface area contributed by atoms with Gasteiger partial charge in [0.25, 0.3) is 0 Å². The first-order valence-corrected chi connectivity index (χ1v) is 5.55. The Kier molecular flexibility index (Phi) is 3.56. The summed E-state index contributed by atoms with van der Waals surface area (Å²) in [6.07, 6.45) is 0.481. The molecule has 1 aromatic rings. The first-order chi connectivity index (χ1) is 7.68. The molecule has 1 fully saturated rings. The van der Waals surface area contributed by atoms with Gasteiger partial charge in [-0.15, -0.1) is 0 Å². The van der Waals surface area contributed by atoms with Gasteiger partial charge in [0, 0.05) is 12.1 Å². The smallest absolute Gasteiger partial charge is 0.221 e. The van der Waals surface area contributed by atoms with Crippen LogP contribution in [0, 0.1) is 6.92 Å². The van der Waals surface area contributed by atoms with Crippen molar-refractivity contribution in [3.63, 3.8) is 0 Å². The van der Waals surface area contributed by atoms with Crippen molar-refractivity contribution < 1.29 is 9.13 Å². The molecule has 16 heavy (non-hydrogen) atoms. The monoisotopic (exact) mass is 245 g/mol. The van der Waals surface area contributed by atoms with E-state index in [0.717, 1.165) is 6.54 Å². The molecule has 0 aliphatic carbocycles. The number of alkyl halides is 1. The number of ether oxygens (including phenoxy) is 1. The standard InChI is InChI=1S/C10H13ClFN3O/c1-6-9(11)14-5-15-10(6)16-8-2-3-13-4-7(8)12/h5,7-8,13H,2-4H2,1H3/t7-,8-/m0/s1. The number of piperidine rings is 1. The molecule has 1 N–H and O–H groups in total. The summed E-state index contributed by atoms with van der Waals surface area (Å²) in [5, 5.41) is 3.30. The third-order valence-corrected chi connectivity index (χ3v) is 2.97. The van der Waals surface area contributed by atoms with Crippen LogP contribution in [-0.2, 0) is 0 Å². The second kappa shape index (κ2) is 4.93. The van der Waals surface area contributed by atoms with Crippen LogP contribution in [0.15, 0.2) is 6.33 Å². The van der Waals surface area contributed by atoms with Crippen LogP contribution in [0.1, 0.15) is 12.0 Å². The normalized spacial score (nSPS) is 25.4. The number of rotatable bonds is 2. The van der Waals surface area contributed by atoms with Crippen molar-refractivity contribution in [3.05, 3.63) is 17.0 Å². The zero-order valence-corrected chi connectivity index (χ0v) is 9.67. The Bertz CT molecular complexity index is 377. The highest BCUT2D eigenvalue weighted by Gasteiger charge is 2.27. The van der Waals surface area contributed by atoms with E-state index in [-0.39, 0.29) is 0 Å². The number of halogens is 2. The minimum Gasteiger partial charge on any atom is -0.471 e. The van der Waals surface area contributed by atoms with Gasteiger partial charge in [-0.3, -0.25) is 0 Å². The third-order valence-electron chi connectivity index (χ3n) is 2.59. The Morgan fingerprint density at radius 3 is 3.12 bits per heavy atom. The maximum atomic E-state index is 13.5. The van der Waals surface area contributed by atoms with Crippen molar-refractivity contribution >= 4 is 11.6 Å². The van der Waals surface area contributed by atoms with Gasteiger partial charge in [0.1, 0.15) is 23.8 Å². The van der Waals surface area contributed by atoms with E-state index in [0.29, 0.717) is 29.6 Å². The van der Waals surface area contributed by atoms with Crippen LogP contribution in [0.25, 0.3) is 0 Å². The van der Waals surface area contributed by atoms with Gasteiger partial charge in [-0.05, 0) is 19.9 Å².